The third kappa shape index (κ3) is 4.68. The first-order valence-electron chi connectivity index (χ1n) is 12.6. The summed E-state index contributed by atoms with van der Waals surface area (Å²) < 4.78 is 3.98. The summed E-state index contributed by atoms with van der Waals surface area (Å²) in [6.45, 7) is 3.98. The van der Waals surface area contributed by atoms with E-state index >= 15 is 0 Å². The predicted molar refractivity (Wildman–Crippen MR) is 130 cm³/mol. The van der Waals surface area contributed by atoms with Gasteiger partial charge in [-0.2, -0.15) is 0 Å². The number of hydrogen-bond acceptors (Lipinski definition) is 3. The van der Waals surface area contributed by atoms with Gasteiger partial charge in [-0.15, -0.1) is 0 Å². The number of imidazole rings is 1. The summed E-state index contributed by atoms with van der Waals surface area (Å²) in [6, 6.07) is 14.4. The van der Waals surface area contributed by atoms with Crippen molar-refractivity contribution in [1.82, 2.24) is 19.0 Å². The molecule has 0 atom stereocenters. The van der Waals surface area contributed by atoms with E-state index in [0.29, 0.717) is 6.54 Å². The first-order chi connectivity index (χ1) is 15.8. The first kappa shape index (κ1) is 21.4. The van der Waals surface area contributed by atoms with Gasteiger partial charge in [0.1, 0.15) is 0 Å². The van der Waals surface area contributed by atoms with E-state index in [9.17, 15) is 4.79 Å². The molecule has 170 valence electrons. The Kier molecular flexibility index (Phi) is 6.72. The Morgan fingerprint density at radius 2 is 1.50 bits per heavy atom. The van der Waals surface area contributed by atoms with E-state index in [4.69, 9.17) is 0 Å². The van der Waals surface area contributed by atoms with Crippen LogP contribution in [0, 0.1) is 5.92 Å². The van der Waals surface area contributed by atoms with E-state index < -0.39 is 0 Å². The highest BCUT2D eigenvalue weighted by Gasteiger charge is 2.26. The summed E-state index contributed by atoms with van der Waals surface area (Å²) in [5, 5.41) is 0. The SMILES string of the molecule is O=c1n(Cc2ccccn2)c2ccccc2n1C1CCN(CC2CCCCCCC2)CC1. The van der Waals surface area contributed by atoms with Crippen molar-refractivity contribution in [2.75, 3.05) is 19.6 Å². The van der Waals surface area contributed by atoms with E-state index in [2.05, 4.69) is 26.6 Å². The van der Waals surface area contributed by atoms with Gasteiger partial charge in [0.15, 0.2) is 0 Å². The molecule has 32 heavy (non-hydrogen) atoms. The van der Waals surface area contributed by atoms with Gasteiger partial charge in [0, 0.05) is 31.9 Å². The number of pyridine rings is 1. The summed E-state index contributed by atoms with van der Waals surface area (Å²) in [7, 11) is 0. The monoisotopic (exact) mass is 432 g/mol. The Labute approximate surface area is 191 Å². The van der Waals surface area contributed by atoms with Gasteiger partial charge in [0.05, 0.1) is 23.3 Å². The normalized spacial score (nSPS) is 19.8. The lowest BCUT2D eigenvalue weighted by Gasteiger charge is -2.35. The average molecular weight is 433 g/mol. The van der Waals surface area contributed by atoms with Crippen molar-refractivity contribution in [3.63, 3.8) is 0 Å². The molecule has 2 fully saturated rings. The number of aromatic nitrogens is 3. The summed E-state index contributed by atoms with van der Waals surface area (Å²) in [4.78, 5) is 20.7. The van der Waals surface area contributed by atoms with Crippen LogP contribution in [0.2, 0.25) is 0 Å². The van der Waals surface area contributed by atoms with Crippen LogP contribution in [0.15, 0.2) is 53.5 Å². The van der Waals surface area contributed by atoms with Gasteiger partial charge >= 0.3 is 5.69 Å². The molecular weight excluding hydrogens is 396 g/mol. The van der Waals surface area contributed by atoms with Crippen LogP contribution in [0.1, 0.15) is 69.5 Å². The number of piperidine rings is 1. The van der Waals surface area contributed by atoms with Crippen LogP contribution in [0.4, 0.5) is 0 Å². The molecule has 2 aromatic heterocycles. The zero-order chi connectivity index (χ0) is 21.8. The molecule has 0 bridgehead atoms. The second kappa shape index (κ2) is 10.0. The summed E-state index contributed by atoms with van der Waals surface area (Å²) in [5.74, 6) is 0.870. The standard InChI is InChI=1S/C27H36N4O/c32-27-30(21-23-12-8-9-17-28-23)25-13-6-7-14-26(25)31(27)24-15-18-29(19-16-24)20-22-10-4-2-1-3-5-11-22/h6-9,12-14,17,22,24H,1-5,10-11,15-16,18-21H2. The maximum absolute atomic E-state index is 13.5. The predicted octanol–water partition coefficient (Wildman–Crippen LogP) is 5.24. The molecule has 0 amide bonds. The Balaban J connectivity index is 1.31. The Morgan fingerprint density at radius 1 is 0.812 bits per heavy atom. The zero-order valence-corrected chi connectivity index (χ0v) is 19.2. The highest BCUT2D eigenvalue weighted by molar-refractivity contribution is 5.76. The number of benzene rings is 1. The maximum Gasteiger partial charge on any atom is 0.329 e. The van der Waals surface area contributed by atoms with Crippen molar-refractivity contribution in [1.29, 1.82) is 0 Å². The van der Waals surface area contributed by atoms with Crippen molar-refractivity contribution < 1.29 is 0 Å². The van der Waals surface area contributed by atoms with E-state index in [-0.39, 0.29) is 11.7 Å². The molecule has 1 aliphatic carbocycles. The van der Waals surface area contributed by atoms with Crippen LogP contribution in [0.25, 0.3) is 11.0 Å². The van der Waals surface area contributed by atoms with Gasteiger partial charge in [0.2, 0.25) is 0 Å². The highest BCUT2D eigenvalue weighted by atomic mass is 16.1. The second-order valence-corrected chi connectivity index (χ2v) is 9.79. The highest BCUT2D eigenvalue weighted by Crippen LogP contribution is 2.28. The number of likely N-dealkylation sites (tertiary alicyclic amines) is 1. The van der Waals surface area contributed by atoms with Crippen molar-refractivity contribution in [3.8, 4) is 0 Å². The number of rotatable bonds is 5. The third-order valence-electron chi connectivity index (χ3n) is 7.58. The molecule has 2 aliphatic rings. The van der Waals surface area contributed by atoms with E-state index in [1.54, 1.807) is 6.20 Å². The molecule has 5 nitrogen and oxygen atoms in total. The van der Waals surface area contributed by atoms with Crippen molar-refractivity contribution in [2.45, 2.75) is 70.4 Å². The number of nitrogens with zero attached hydrogens (tertiary/aromatic N) is 4. The van der Waals surface area contributed by atoms with Gasteiger partial charge in [-0.25, -0.2) is 4.79 Å². The van der Waals surface area contributed by atoms with Crippen LogP contribution in [-0.4, -0.2) is 38.7 Å². The van der Waals surface area contributed by atoms with Crippen molar-refractivity contribution in [2.24, 2.45) is 5.92 Å². The minimum Gasteiger partial charge on any atom is -0.303 e. The smallest absolute Gasteiger partial charge is 0.303 e. The van der Waals surface area contributed by atoms with Gasteiger partial charge in [0.25, 0.3) is 0 Å². The number of hydrogen-bond donors (Lipinski definition) is 0. The molecule has 1 aromatic carbocycles. The molecule has 1 aliphatic heterocycles. The molecule has 0 spiro atoms. The zero-order valence-electron chi connectivity index (χ0n) is 19.2. The molecule has 0 unspecified atom stereocenters. The van der Waals surface area contributed by atoms with Crippen molar-refractivity contribution >= 4 is 11.0 Å². The topological polar surface area (TPSA) is 43.1 Å². The number of para-hydroxylation sites is 2. The molecule has 0 N–H and O–H groups in total. The van der Waals surface area contributed by atoms with E-state index in [1.807, 2.05) is 34.9 Å². The largest absolute Gasteiger partial charge is 0.329 e. The van der Waals surface area contributed by atoms with Crippen LogP contribution in [0.5, 0.6) is 0 Å². The Hall–Kier alpha value is -2.40. The van der Waals surface area contributed by atoms with Crippen LogP contribution < -0.4 is 5.69 Å². The summed E-state index contributed by atoms with van der Waals surface area (Å²) in [6.07, 6.45) is 13.8. The lowest BCUT2D eigenvalue weighted by Crippen LogP contribution is -2.40. The van der Waals surface area contributed by atoms with Crippen LogP contribution >= 0.6 is 0 Å². The molecule has 1 saturated carbocycles. The lowest BCUT2D eigenvalue weighted by atomic mass is 9.90. The Morgan fingerprint density at radius 3 is 2.22 bits per heavy atom. The fourth-order valence-electron chi connectivity index (χ4n) is 5.84. The van der Waals surface area contributed by atoms with Gasteiger partial charge in [-0.05, 0) is 55.9 Å². The maximum atomic E-state index is 13.5. The fourth-order valence-corrected chi connectivity index (χ4v) is 5.84. The van der Waals surface area contributed by atoms with Gasteiger partial charge in [-0.3, -0.25) is 14.1 Å². The second-order valence-electron chi connectivity index (χ2n) is 9.79. The summed E-state index contributed by atoms with van der Waals surface area (Å²) >= 11 is 0. The lowest BCUT2D eigenvalue weighted by molar-refractivity contribution is 0.152. The quantitative estimate of drug-likeness (QED) is 0.553. The number of fused-ring (bicyclic) bond motifs is 1. The average Bonchev–Trinajstić information content (AvgIpc) is 3.08. The van der Waals surface area contributed by atoms with Crippen LogP contribution in [-0.2, 0) is 6.54 Å². The molecular formula is C27H36N4O. The molecule has 5 heteroatoms. The minimum atomic E-state index is 0.107. The minimum absolute atomic E-state index is 0.107. The van der Waals surface area contributed by atoms with E-state index in [1.165, 1.54) is 51.5 Å². The Bertz CT molecular complexity index is 1050. The first-order valence-corrected chi connectivity index (χ1v) is 12.6. The third-order valence-corrected chi connectivity index (χ3v) is 7.58. The molecule has 1 saturated heterocycles. The van der Waals surface area contributed by atoms with E-state index in [0.717, 1.165) is 48.6 Å². The van der Waals surface area contributed by atoms with Gasteiger partial charge < -0.3 is 4.90 Å². The van der Waals surface area contributed by atoms with Crippen LogP contribution in [0.3, 0.4) is 0 Å². The van der Waals surface area contributed by atoms with Gasteiger partial charge in [-0.1, -0.05) is 50.3 Å². The summed E-state index contributed by atoms with van der Waals surface area (Å²) in [5.41, 5.74) is 3.11. The molecule has 3 heterocycles. The molecule has 0 radical (unpaired) electrons. The fraction of sp³-hybridized carbons (Fsp3) is 0.556. The molecule has 3 aromatic rings. The molecule has 5 rings (SSSR count). The van der Waals surface area contributed by atoms with Crippen molar-refractivity contribution in [3.05, 3.63) is 64.8 Å².